The van der Waals surface area contributed by atoms with E-state index in [1.807, 2.05) is 20.8 Å². The van der Waals surface area contributed by atoms with Gasteiger partial charge in [0.15, 0.2) is 0 Å². The zero-order valence-corrected chi connectivity index (χ0v) is 10.8. The summed E-state index contributed by atoms with van der Waals surface area (Å²) >= 11 is 0. The first-order valence-corrected chi connectivity index (χ1v) is 6.07. The van der Waals surface area contributed by atoms with Gasteiger partial charge in [0, 0.05) is 12.0 Å². The Morgan fingerprint density at radius 3 is 2.24 bits per heavy atom. The van der Waals surface area contributed by atoms with E-state index >= 15 is 0 Å². The molecule has 0 aromatic heterocycles. The van der Waals surface area contributed by atoms with E-state index in [9.17, 15) is 9.59 Å². The maximum Gasteiger partial charge on any atom is 0.320 e. The number of carbonyl (C=O) groups is 2. The van der Waals surface area contributed by atoms with Crippen LogP contribution in [0.3, 0.4) is 0 Å². The van der Waals surface area contributed by atoms with Crippen LogP contribution in [0.2, 0.25) is 0 Å². The van der Waals surface area contributed by atoms with Crippen molar-refractivity contribution in [1.82, 2.24) is 5.32 Å². The van der Waals surface area contributed by atoms with Gasteiger partial charge in [0.25, 0.3) is 0 Å². The van der Waals surface area contributed by atoms with Gasteiger partial charge in [0.05, 0.1) is 0 Å². The minimum Gasteiger partial charge on any atom is -0.481 e. The highest BCUT2D eigenvalue weighted by molar-refractivity contribution is 5.75. The average molecular weight is 245 g/mol. The minimum atomic E-state index is -0.984. The summed E-state index contributed by atoms with van der Waals surface area (Å²) in [6, 6.07) is -0.789. The molecular weight excluding hydrogens is 222 g/mol. The Kier molecular flexibility index (Phi) is 6.80. The van der Waals surface area contributed by atoms with Gasteiger partial charge < -0.3 is 10.2 Å². The lowest BCUT2D eigenvalue weighted by molar-refractivity contribution is -0.141. The number of aliphatic carboxylic acids is 2. The van der Waals surface area contributed by atoms with E-state index in [0.29, 0.717) is 0 Å². The van der Waals surface area contributed by atoms with Gasteiger partial charge in [-0.05, 0) is 26.2 Å². The van der Waals surface area contributed by atoms with Crippen molar-refractivity contribution >= 4 is 11.9 Å². The van der Waals surface area contributed by atoms with Crippen molar-refractivity contribution in [2.45, 2.75) is 64.5 Å². The Labute approximate surface area is 102 Å². The smallest absolute Gasteiger partial charge is 0.320 e. The maximum atomic E-state index is 11.1. The lowest BCUT2D eigenvalue weighted by Gasteiger charge is -2.32. The highest BCUT2D eigenvalue weighted by Crippen LogP contribution is 2.18. The fraction of sp³-hybridized carbons (Fsp3) is 0.833. The minimum absolute atomic E-state index is 0.115. The fourth-order valence-corrected chi connectivity index (χ4v) is 1.85. The predicted octanol–water partition coefficient (Wildman–Crippen LogP) is 1.86. The van der Waals surface area contributed by atoms with Gasteiger partial charge in [-0.1, -0.05) is 20.3 Å². The second-order valence-electron chi connectivity index (χ2n) is 4.63. The van der Waals surface area contributed by atoms with Crippen LogP contribution < -0.4 is 5.32 Å². The summed E-state index contributed by atoms with van der Waals surface area (Å²) in [6.45, 7) is 6.02. The number of rotatable bonds is 9. The molecule has 0 radical (unpaired) electrons. The van der Waals surface area contributed by atoms with Gasteiger partial charge in [-0.3, -0.25) is 14.9 Å². The summed E-state index contributed by atoms with van der Waals surface area (Å²) in [6.07, 6.45) is 2.64. The predicted molar refractivity (Wildman–Crippen MR) is 65.0 cm³/mol. The Morgan fingerprint density at radius 1 is 1.29 bits per heavy atom. The fourth-order valence-electron chi connectivity index (χ4n) is 1.85. The number of hydrogen-bond donors (Lipinski definition) is 3. The molecule has 0 saturated carbocycles. The molecule has 2 atom stereocenters. The van der Waals surface area contributed by atoms with Crippen LogP contribution in [0.15, 0.2) is 0 Å². The molecule has 0 aliphatic rings. The highest BCUT2D eigenvalue weighted by atomic mass is 16.4. The van der Waals surface area contributed by atoms with Gasteiger partial charge in [0.1, 0.15) is 6.04 Å². The summed E-state index contributed by atoms with van der Waals surface area (Å²) in [5, 5.41) is 20.7. The van der Waals surface area contributed by atoms with E-state index in [4.69, 9.17) is 10.2 Å². The molecule has 0 amide bonds. The molecular formula is C12H23NO4. The summed E-state index contributed by atoms with van der Waals surface area (Å²) < 4.78 is 0. The summed E-state index contributed by atoms with van der Waals surface area (Å²) in [7, 11) is 0. The lowest BCUT2D eigenvalue weighted by atomic mass is 9.91. The van der Waals surface area contributed by atoms with E-state index in [-0.39, 0.29) is 18.4 Å². The standard InChI is InChI=1S/C12H23NO4/c1-4-8-12(3,5-2)13-9(11(16)17)6-7-10(14)15/h9,13H,4-8H2,1-3H3,(H,14,15)(H,16,17)/t9-,12?/m0/s1. The van der Waals surface area contributed by atoms with Crippen LogP contribution in [0.1, 0.15) is 52.9 Å². The Hall–Kier alpha value is -1.10. The molecule has 0 heterocycles. The molecule has 0 aliphatic heterocycles. The van der Waals surface area contributed by atoms with Crippen molar-refractivity contribution in [1.29, 1.82) is 0 Å². The van der Waals surface area contributed by atoms with Crippen molar-refractivity contribution in [2.24, 2.45) is 0 Å². The van der Waals surface area contributed by atoms with Crippen LogP contribution in [0.4, 0.5) is 0 Å². The molecule has 5 heteroatoms. The van der Waals surface area contributed by atoms with Crippen LogP contribution in [-0.4, -0.2) is 33.7 Å². The monoisotopic (exact) mass is 245 g/mol. The molecule has 0 aliphatic carbocycles. The van der Waals surface area contributed by atoms with Crippen LogP contribution in [-0.2, 0) is 9.59 Å². The third-order valence-corrected chi connectivity index (χ3v) is 3.05. The first-order valence-electron chi connectivity index (χ1n) is 6.07. The number of carboxylic acids is 2. The van der Waals surface area contributed by atoms with Gasteiger partial charge in [0.2, 0.25) is 0 Å². The number of carboxylic acid groups (broad SMARTS) is 2. The van der Waals surface area contributed by atoms with Crippen LogP contribution in [0.25, 0.3) is 0 Å². The van der Waals surface area contributed by atoms with Crippen molar-refractivity contribution in [3.8, 4) is 0 Å². The zero-order chi connectivity index (χ0) is 13.5. The second-order valence-corrected chi connectivity index (χ2v) is 4.63. The molecule has 0 aromatic rings. The molecule has 5 nitrogen and oxygen atoms in total. The highest BCUT2D eigenvalue weighted by Gasteiger charge is 2.28. The molecule has 0 bridgehead atoms. The van der Waals surface area contributed by atoms with Crippen LogP contribution in [0, 0.1) is 0 Å². The molecule has 3 N–H and O–H groups in total. The third-order valence-electron chi connectivity index (χ3n) is 3.05. The molecule has 17 heavy (non-hydrogen) atoms. The van der Waals surface area contributed by atoms with E-state index in [1.54, 1.807) is 0 Å². The Bertz CT molecular complexity index is 267. The number of hydrogen-bond acceptors (Lipinski definition) is 3. The van der Waals surface area contributed by atoms with Crippen LogP contribution in [0.5, 0.6) is 0 Å². The van der Waals surface area contributed by atoms with Gasteiger partial charge in [-0.15, -0.1) is 0 Å². The van der Waals surface area contributed by atoms with Crippen molar-refractivity contribution in [2.75, 3.05) is 0 Å². The Morgan fingerprint density at radius 2 is 1.88 bits per heavy atom. The summed E-state index contributed by atoms with van der Waals surface area (Å²) in [4.78, 5) is 21.5. The zero-order valence-electron chi connectivity index (χ0n) is 10.8. The first kappa shape index (κ1) is 15.9. The van der Waals surface area contributed by atoms with Gasteiger partial charge >= 0.3 is 11.9 Å². The van der Waals surface area contributed by atoms with E-state index < -0.39 is 18.0 Å². The van der Waals surface area contributed by atoms with Crippen LogP contribution >= 0.6 is 0 Å². The van der Waals surface area contributed by atoms with Crippen molar-refractivity contribution in [3.63, 3.8) is 0 Å². The molecule has 0 fully saturated rings. The molecule has 100 valence electrons. The second kappa shape index (κ2) is 7.27. The normalized spacial score (nSPS) is 16.2. The van der Waals surface area contributed by atoms with E-state index in [2.05, 4.69) is 5.32 Å². The summed E-state index contributed by atoms with van der Waals surface area (Å²) in [5.74, 6) is -1.95. The molecule has 0 saturated heterocycles. The topological polar surface area (TPSA) is 86.6 Å². The molecule has 0 rings (SSSR count). The molecule has 1 unspecified atom stereocenters. The largest absolute Gasteiger partial charge is 0.481 e. The Balaban J connectivity index is 4.50. The average Bonchev–Trinajstić information content (AvgIpc) is 2.24. The van der Waals surface area contributed by atoms with E-state index in [1.165, 1.54) is 0 Å². The van der Waals surface area contributed by atoms with Crippen molar-refractivity contribution in [3.05, 3.63) is 0 Å². The summed E-state index contributed by atoms with van der Waals surface area (Å²) in [5.41, 5.74) is -0.240. The van der Waals surface area contributed by atoms with Gasteiger partial charge in [-0.25, -0.2) is 0 Å². The molecule has 0 spiro atoms. The van der Waals surface area contributed by atoms with Crippen molar-refractivity contribution < 1.29 is 19.8 Å². The third kappa shape index (κ3) is 6.26. The first-order chi connectivity index (χ1) is 7.84. The lowest BCUT2D eigenvalue weighted by Crippen LogP contribution is -2.51. The van der Waals surface area contributed by atoms with Gasteiger partial charge in [-0.2, -0.15) is 0 Å². The molecule has 0 aromatic carbocycles. The maximum absolute atomic E-state index is 11.1. The number of nitrogens with one attached hydrogen (secondary N) is 1. The quantitative estimate of drug-likeness (QED) is 0.577. The van der Waals surface area contributed by atoms with E-state index in [0.717, 1.165) is 19.3 Å². The SMILES string of the molecule is CCCC(C)(CC)N[C@@H](CCC(=O)O)C(=O)O.